The first-order valence-corrected chi connectivity index (χ1v) is 10.7. The van der Waals surface area contributed by atoms with E-state index in [0.717, 1.165) is 22.3 Å². The second-order valence-corrected chi connectivity index (χ2v) is 7.70. The number of hydrogen-bond acceptors (Lipinski definition) is 2. The van der Waals surface area contributed by atoms with Crippen molar-refractivity contribution in [2.75, 3.05) is 14.2 Å². The molecule has 0 heterocycles. The molecule has 0 amide bonds. The Kier molecular flexibility index (Phi) is 5.35. The van der Waals surface area contributed by atoms with E-state index in [1.807, 2.05) is 6.07 Å². The van der Waals surface area contributed by atoms with Crippen molar-refractivity contribution in [2.45, 2.75) is 0 Å². The molecule has 5 aromatic carbocycles. The lowest BCUT2D eigenvalue weighted by Gasteiger charge is -2.20. The Morgan fingerprint density at radius 2 is 0.875 bits per heavy atom. The number of ether oxygens (including phenoxy) is 2. The first kappa shape index (κ1) is 19.9. The van der Waals surface area contributed by atoms with Crippen molar-refractivity contribution in [1.29, 1.82) is 0 Å². The number of benzene rings is 5. The summed E-state index contributed by atoms with van der Waals surface area (Å²) in [6.07, 6.45) is 0. The maximum absolute atomic E-state index is 5.70. The molecule has 0 saturated heterocycles. The topological polar surface area (TPSA) is 18.5 Å². The zero-order valence-corrected chi connectivity index (χ0v) is 18.2. The zero-order chi connectivity index (χ0) is 21.9. The van der Waals surface area contributed by atoms with Gasteiger partial charge in [0.15, 0.2) is 11.5 Å². The second kappa shape index (κ2) is 8.60. The van der Waals surface area contributed by atoms with Crippen molar-refractivity contribution in [3.63, 3.8) is 0 Å². The summed E-state index contributed by atoms with van der Waals surface area (Å²) in [4.78, 5) is 0. The third-order valence-electron chi connectivity index (χ3n) is 5.87. The molecule has 0 unspecified atom stereocenters. The summed E-state index contributed by atoms with van der Waals surface area (Å²) < 4.78 is 11.4. The van der Waals surface area contributed by atoms with E-state index < -0.39 is 0 Å². The van der Waals surface area contributed by atoms with Crippen molar-refractivity contribution in [2.24, 2.45) is 0 Å². The molecule has 0 aliphatic heterocycles. The maximum Gasteiger partial charge on any atom is 0.161 e. The van der Waals surface area contributed by atoms with Gasteiger partial charge in [-0.15, -0.1) is 0 Å². The highest BCUT2D eigenvalue weighted by atomic mass is 16.5. The van der Waals surface area contributed by atoms with E-state index in [9.17, 15) is 0 Å². The molecular weight excluding hydrogens is 392 g/mol. The highest BCUT2D eigenvalue weighted by molar-refractivity contribution is 6.11. The minimum absolute atomic E-state index is 0.724. The largest absolute Gasteiger partial charge is 0.493 e. The van der Waals surface area contributed by atoms with Crippen molar-refractivity contribution < 1.29 is 9.47 Å². The molecule has 0 atom stereocenters. The van der Waals surface area contributed by atoms with Crippen LogP contribution in [0.1, 0.15) is 0 Å². The Bertz CT molecular complexity index is 1360. The Labute approximate surface area is 188 Å². The van der Waals surface area contributed by atoms with E-state index in [1.165, 1.54) is 33.4 Å². The van der Waals surface area contributed by atoms with Crippen LogP contribution in [-0.2, 0) is 0 Å². The van der Waals surface area contributed by atoms with Gasteiger partial charge in [0.25, 0.3) is 0 Å². The van der Waals surface area contributed by atoms with Crippen LogP contribution >= 0.6 is 0 Å². The highest BCUT2D eigenvalue weighted by Crippen LogP contribution is 2.46. The van der Waals surface area contributed by atoms with Crippen LogP contribution in [0.3, 0.4) is 0 Å². The third-order valence-corrected chi connectivity index (χ3v) is 5.87. The number of hydrogen-bond donors (Lipinski definition) is 0. The second-order valence-electron chi connectivity index (χ2n) is 7.70. The minimum Gasteiger partial charge on any atom is -0.493 e. The normalized spacial score (nSPS) is 10.8. The van der Waals surface area contributed by atoms with Gasteiger partial charge < -0.3 is 9.47 Å². The summed E-state index contributed by atoms with van der Waals surface area (Å²) in [6, 6.07) is 38.1. The van der Waals surface area contributed by atoms with Gasteiger partial charge in [-0.1, -0.05) is 91.0 Å². The van der Waals surface area contributed by atoms with Crippen LogP contribution in [0.5, 0.6) is 11.5 Å². The summed E-state index contributed by atoms with van der Waals surface area (Å²) in [5.41, 5.74) is 7.06. The average molecular weight is 417 g/mol. The van der Waals surface area contributed by atoms with E-state index in [0.29, 0.717) is 0 Å². The number of fused-ring (bicyclic) bond motifs is 1. The van der Waals surface area contributed by atoms with Crippen LogP contribution in [-0.4, -0.2) is 14.2 Å². The molecule has 0 saturated carbocycles. The van der Waals surface area contributed by atoms with Crippen molar-refractivity contribution >= 4 is 10.8 Å². The summed E-state index contributed by atoms with van der Waals surface area (Å²) in [5, 5.41) is 2.27. The number of rotatable bonds is 5. The molecule has 2 heteroatoms. The lowest BCUT2D eigenvalue weighted by Crippen LogP contribution is -1.95. The van der Waals surface area contributed by atoms with Crippen LogP contribution in [0.25, 0.3) is 44.2 Å². The molecule has 0 aliphatic rings. The van der Waals surface area contributed by atoms with E-state index in [2.05, 4.69) is 103 Å². The van der Waals surface area contributed by atoms with Crippen LogP contribution in [0.4, 0.5) is 0 Å². The van der Waals surface area contributed by atoms with Gasteiger partial charge in [-0.05, 0) is 62.4 Å². The first-order valence-electron chi connectivity index (χ1n) is 10.7. The van der Waals surface area contributed by atoms with E-state index >= 15 is 0 Å². The molecule has 0 aliphatic carbocycles. The molecule has 0 fully saturated rings. The van der Waals surface area contributed by atoms with E-state index in [4.69, 9.17) is 9.47 Å². The Morgan fingerprint density at radius 1 is 0.438 bits per heavy atom. The van der Waals surface area contributed by atoms with Gasteiger partial charge in [-0.3, -0.25) is 0 Å². The Balaban J connectivity index is 1.97. The molecule has 0 spiro atoms. The summed E-state index contributed by atoms with van der Waals surface area (Å²) in [5.74, 6) is 1.45. The van der Waals surface area contributed by atoms with Crippen LogP contribution in [0.2, 0.25) is 0 Å². The third kappa shape index (κ3) is 3.50. The molecule has 5 aromatic rings. The van der Waals surface area contributed by atoms with Gasteiger partial charge in [0.05, 0.1) is 14.2 Å². The van der Waals surface area contributed by atoms with Crippen LogP contribution in [0.15, 0.2) is 109 Å². The zero-order valence-electron chi connectivity index (χ0n) is 18.2. The maximum atomic E-state index is 5.70. The number of methoxy groups -OCH3 is 2. The molecular formula is C30H24O2. The fourth-order valence-corrected chi connectivity index (χ4v) is 4.37. The molecule has 0 N–H and O–H groups in total. The van der Waals surface area contributed by atoms with Gasteiger partial charge in [0.2, 0.25) is 0 Å². The Hall–Kier alpha value is -4.04. The van der Waals surface area contributed by atoms with E-state index in [1.54, 1.807) is 14.2 Å². The van der Waals surface area contributed by atoms with E-state index in [-0.39, 0.29) is 0 Å². The predicted molar refractivity (Wildman–Crippen MR) is 133 cm³/mol. The summed E-state index contributed by atoms with van der Waals surface area (Å²) in [7, 11) is 3.37. The fraction of sp³-hybridized carbons (Fsp3) is 0.0667. The first-order chi connectivity index (χ1) is 15.8. The quantitative estimate of drug-likeness (QED) is 0.290. The lowest BCUT2D eigenvalue weighted by atomic mass is 9.85. The molecule has 5 rings (SSSR count). The fourth-order valence-electron chi connectivity index (χ4n) is 4.37. The van der Waals surface area contributed by atoms with Crippen LogP contribution < -0.4 is 9.47 Å². The smallest absolute Gasteiger partial charge is 0.161 e. The molecule has 32 heavy (non-hydrogen) atoms. The summed E-state index contributed by atoms with van der Waals surface area (Å²) in [6.45, 7) is 0. The van der Waals surface area contributed by atoms with Gasteiger partial charge in [-0.2, -0.15) is 0 Å². The lowest BCUT2D eigenvalue weighted by molar-refractivity contribution is 0.356. The summed E-state index contributed by atoms with van der Waals surface area (Å²) >= 11 is 0. The van der Waals surface area contributed by atoms with Crippen LogP contribution in [0, 0.1) is 0 Å². The SMILES string of the molecule is COc1cc2c(-c3ccccc3)cc(-c3ccccc3)c(-c3ccccc3)c2cc1OC. The van der Waals surface area contributed by atoms with Crippen molar-refractivity contribution in [3.05, 3.63) is 109 Å². The standard InChI is InChI=1S/C30H24O2/c1-31-28-19-26-24(21-12-6-3-7-13-21)18-25(22-14-8-4-9-15-22)30(23-16-10-5-11-17-23)27(26)20-29(28)32-2/h3-20H,1-2H3. The molecule has 2 nitrogen and oxygen atoms in total. The Morgan fingerprint density at radius 3 is 1.38 bits per heavy atom. The van der Waals surface area contributed by atoms with Gasteiger partial charge >= 0.3 is 0 Å². The molecule has 0 bridgehead atoms. The van der Waals surface area contributed by atoms with Gasteiger partial charge in [-0.25, -0.2) is 0 Å². The highest BCUT2D eigenvalue weighted by Gasteiger charge is 2.19. The van der Waals surface area contributed by atoms with Gasteiger partial charge in [0.1, 0.15) is 0 Å². The molecule has 0 aromatic heterocycles. The minimum atomic E-state index is 0.724. The molecule has 156 valence electrons. The monoisotopic (exact) mass is 416 g/mol. The van der Waals surface area contributed by atoms with Crippen molar-refractivity contribution in [1.82, 2.24) is 0 Å². The van der Waals surface area contributed by atoms with Gasteiger partial charge in [0, 0.05) is 0 Å². The predicted octanol–water partition coefficient (Wildman–Crippen LogP) is 7.86. The molecule has 0 radical (unpaired) electrons. The average Bonchev–Trinajstić information content (AvgIpc) is 2.88. The van der Waals surface area contributed by atoms with Crippen molar-refractivity contribution in [3.8, 4) is 44.9 Å².